The molecule has 0 aliphatic carbocycles. The van der Waals surface area contributed by atoms with E-state index in [4.69, 9.17) is 6.42 Å². The molecule has 0 bridgehead atoms. The fourth-order valence-corrected chi connectivity index (χ4v) is 1.69. The molecule has 1 aromatic rings. The van der Waals surface area contributed by atoms with Gasteiger partial charge in [0.25, 0.3) is 11.6 Å². The summed E-state index contributed by atoms with van der Waals surface area (Å²) in [7, 11) is 0. The summed E-state index contributed by atoms with van der Waals surface area (Å²) in [5, 5.41) is 13.3. The van der Waals surface area contributed by atoms with Crippen molar-refractivity contribution in [2.75, 3.05) is 0 Å². The fourth-order valence-electron chi connectivity index (χ4n) is 1.30. The number of nitrogens with zero attached hydrogens (tertiary/aromatic N) is 1. The monoisotopic (exact) mass is 310 g/mol. The number of hydrogen-bond acceptors (Lipinski definition) is 3. The Balaban J connectivity index is 2.97. The zero-order chi connectivity index (χ0) is 13.7. The molecule has 0 radical (unpaired) electrons. The molecule has 1 unspecified atom stereocenters. The van der Waals surface area contributed by atoms with Gasteiger partial charge in [0.05, 0.1) is 15.4 Å². The second-order valence-electron chi connectivity index (χ2n) is 3.52. The average molecular weight is 311 g/mol. The van der Waals surface area contributed by atoms with E-state index < -0.39 is 10.8 Å². The normalized spacial score (nSPS) is 11.4. The molecule has 1 aromatic carbocycles. The van der Waals surface area contributed by atoms with Crippen LogP contribution in [0.4, 0.5) is 5.69 Å². The van der Waals surface area contributed by atoms with Crippen LogP contribution in [-0.4, -0.2) is 16.9 Å². The van der Waals surface area contributed by atoms with Gasteiger partial charge in [0, 0.05) is 11.6 Å². The summed E-state index contributed by atoms with van der Waals surface area (Å²) in [4.78, 5) is 22.0. The molecule has 0 saturated carbocycles. The number of amides is 1. The molecule has 0 aliphatic heterocycles. The number of carbonyl (C=O) groups excluding carboxylic acids is 1. The Morgan fingerprint density at radius 2 is 2.33 bits per heavy atom. The zero-order valence-corrected chi connectivity index (χ0v) is 11.2. The van der Waals surface area contributed by atoms with Gasteiger partial charge in [-0.15, -0.1) is 6.42 Å². The average Bonchev–Trinajstić information content (AvgIpc) is 2.35. The van der Waals surface area contributed by atoms with E-state index in [0.717, 1.165) is 0 Å². The number of nitro benzene ring substituents is 1. The number of terminal acetylenes is 1. The van der Waals surface area contributed by atoms with Gasteiger partial charge in [0.1, 0.15) is 0 Å². The van der Waals surface area contributed by atoms with E-state index in [1.165, 1.54) is 18.2 Å². The van der Waals surface area contributed by atoms with Crippen molar-refractivity contribution in [3.8, 4) is 12.3 Å². The second kappa shape index (κ2) is 6.17. The molecular formula is C12H11BrN2O3. The highest BCUT2D eigenvalue weighted by Crippen LogP contribution is 2.25. The molecule has 0 spiro atoms. The summed E-state index contributed by atoms with van der Waals surface area (Å²) < 4.78 is 0.327. The van der Waals surface area contributed by atoms with Crippen LogP contribution in [-0.2, 0) is 0 Å². The lowest BCUT2D eigenvalue weighted by Crippen LogP contribution is -2.33. The van der Waals surface area contributed by atoms with E-state index >= 15 is 0 Å². The summed E-state index contributed by atoms with van der Waals surface area (Å²) in [5.41, 5.74) is 0.0509. The SMILES string of the molecule is C#CC(CC)NC(=O)c1ccc(Br)c([N+](=O)[O-])c1. The minimum atomic E-state index is -0.556. The van der Waals surface area contributed by atoms with Crippen molar-refractivity contribution in [2.24, 2.45) is 0 Å². The van der Waals surface area contributed by atoms with Crippen LogP contribution in [0.15, 0.2) is 22.7 Å². The standard InChI is InChI=1S/C12H11BrN2O3/c1-3-9(4-2)14-12(16)8-5-6-10(13)11(7-8)15(17)18/h1,5-7,9H,4H2,2H3,(H,14,16). The number of halogens is 1. The maximum absolute atomic E-state index is 11.8. The molecule has 0 aromatic heterocycles. The van der Waals surface area contributed by atoms with Gasteiger partial charge < -0.3 is 5.32 Å². The highest BCUT2D eigenvalue weighted by atomic mass is 79.9. The van der Waals surface area contributed by atoms with E-state index in [1.807, 2.05) is 6.92 Å². The Hall–Kier alpha value is -1.87. The second-order valence-corrected chi connectivity index (χ2v) is 4.38. The Bertz CT molecular complexity index is 523. The van der Waals surface area contributed by atoms with Crippen LogP contribution >= 0.6 is 15.9 Å². The van der Waals surface area contributed by atoms with Gasteiger partial charge >= 0.3 is 0 Å². The quantitative estimate of drug-likeness (QED) is 0.527. The lowest BCUT2D eigenvalue weighted by atomic mass is 10.1. The van der Waals surface area contributed by atoms with E-state index in [2.05, 4.69) is 27.2 Å². The third kappa shape index (κ3) is 3.31. The van der Waals surface area contributed by atoms with Gasteiger partial charge in [0.15, 0.2) is 0 Å². The molecule has 0 fully saturated rings. The van der Waals surface area contributed by atoms with Crippen molar-refractivity contribution < 1.29 is 9.72 Å². The summed E-state index contributed by atoms with van der Waals surface area (Å²) >= 11 is 3.05. The maximum Gasteiger partial charge on any atom is 0.284 e. The Kier molecular flexibility index (Phi) is 4.86. The van der Waals surface area contributed by atoms with Crippen molar-refractivity contribution >= 4 is 27.5 Å². The van der Waals surface area contributed by atoms with E-state index in [-0.39, 0.29) is 17.3 Å². The first-order valence-electron chi connectivity index (χ1n) is 5.20. The molecule has 1 amide bonds. The van der Waals surface area contributed by atoms with Gasteiger partial charge in [-0.2, -0.15) is 0 Å². The fraction of sp³-hybridized carbons (Fsp3) is 0.250. The highest BCUT2D eigenvalue weighted by Gasteiger charge is 2.17. The molecule has 1 atom stereocenters. The topological polar surface area (TPSA) is 72.2 Å². The molecule has 1 rings (SSSR count). The summed E-state index contributed by atoms with van der Waals surface area (Å²) in [6.07, 6.45) is 5.83. The van der Waals surface area contributed by atoms with Gasteiger partial charge in [-0.05, 0) is 34.5 Å². The van der Waals surface area contributed by atoms with Crippen molar-refractivity contribution in [1.29, 1.82) is 0 Å². The Morgan fingerprint density at radius 3 is 2.83 bits per heavy atom. The summed E-state index contributed by atoms with van der Waals surface area (Å²) in [6.45, 7) is 1.84. The first kappa shape index (κ1) is 14.2. The van der Waals surface area contributed by atoms with Gasteiger partial charge in [0.2, 0.25) is 0 Å². The van der Waals surface area contributed by atoms with Crippen LogP contribution in [0.2, 0.25) is 0 Å². The third-order valence-corrected chi connectivity index (χ3v) is 2.99. The molecule has 0 heterocycles. The Morgan fingerprint density at radius 1 is 1.67 bits per heavy atom. The van der Waals surface area contributed by atoms with Gasteiger partial charge in [-0.3, -0.25) is 14.9 Å². The van der Waals surface area contributed by atoms with Crippen molar-refractivity contribution in [3.63, 3.8) is 0 Å². The molecule has 6 heteroatoms. The predicted octanol–water partition coefficient (Wildman–Crippen LogP) is 2.50. The molecule has 1 N–H and O–H groups in total. The van der Waals surface area contributed by atoms with E-state index in [9.17, 15) is 14.9 Å². The van der Waals surface area contributed by atoms with Crippen LogP contribution in [0.3, 0.4) is 0 Å². The molecular weight excluding hydrogens is 300 g/mol. The summed E-state index contributed by atoms with van der Waals surface area (Å²) in [5.74, 6) is 2.01. The van der Waals surface area contributed by atoms with Crippen LogP contribution in [0, 0.1) is 22.5 Å². The first-order chi connectivity index (χ1) is 8.49. The van der Waals surface area contributed by atoms with Gasteiger partial charge in [-0.25, -0.2) is 0 Å². The van der Waals surface area contributed by atoms with Crippen molar-refractivity contribution in [1.82, 2.24) is 5.32 Å². The number of benzene rings is 1. The largest absolute Gasteiger partial charge is 0.338 e. The molecule has 18 heavy (non-hydrogen) atoms. The van der Waals surface area contributed by atoms with Crippen molar-refractivity contribution in [3.05, 3.63) is 38.3 Å². The number of rotatable bonds is 4. The van der Waals surface area contributed by atoms with Crippen LogP contribution in [0.1, 0.15) is 23.7 Å². The predicted molar refractivity (Wildman–Crippen MR) is 71.2 cm³/mol. The highest BCUT2D eigenvalue weighted by molar-refractivity contribution is 9.10. The third-order valence-electron chi connectivity index (χ3n) is 2.32. The van der Waals surface area contributed by atoms with Gasteiger partial charge in [-0.1, -0.05) is 12.8 Å². The molecule has 0 aliphatic rings. The summed E-state index contributed by atoms with van der Waals surface area (Å²) in [6, 6.07) is 3.79. The van der Waals surface area contributed by atoms with Crippen LogP contribution in [0.5, 0.6) is 0 Å². The zero-order valence-electron chi connectivity index (χ0n) is 9.64. The molecule has 0 saturated heterocycles. The lowest BCUT2D eigenvalue weighted by Gasteiger charge is -2.10. The number of hydrogen-bond donors (Lipinski definition) is 1. The lowest BCUT2D eigenvalue weighted by molar-refractivity contribution is -0.385. The first-order valence-corrected chi connectivity index (χ1v) is 5.99. The maximum atomic E-state index is 11.8. The number of nitrogens with one attached hydrogen (secondary N) is 1. The minimum Gasteiger partial charge on any atom is -0.338 e. The number of nitro groups is 1. The molecule has 5 nitrogen and oxygen atoms in total. The number of carbonyl (C=O) groups is 1. The van der Waals surface area contributed by atoms with Crippen LogP contribution < -0.4 is 5.32 Å². The minimum absolute atomic E-state index is 0.156. The van der Waals surface area contributed by atoms with E-state index in [0.29, 0.717) is 10.9 Å². The smallest absolute Gasteiger partial charge is 0.284 e. The Labute approximate surface area is 113 Å². The van der Waals surface area contributed by atoms with E-state index in [1.54, 1.807) is 0 Å². The molecule has 94 valence electrons. The van der Waals surface area contributed by atoms with Crippen LogP contribution in [0.25, 0.3) is 0 Å². The van der Waals surface area contributed by atoms with Crippen molar-refractivity contribution in [2.45, 2.75) is 19.4 Å².